The van der Waals surface area contributed by atoms with Gasteiger partial charge in [0.25, 0.3) is 0 Å². The van der Waals surface area contributed by atoms with Gasteiger partial charge in [-0.1, -0.05) is 37.3 Å². The lowest BCUT2D eigenvalue weighted by molar-refractivity contribution is -0.139. The second-order valence-electron chi connectivity index (χ2n) is 4.12. The molecular weight excluding hydrogens is 216 g/mol. The Morgan fingerprint density at radius 2 is 2.00 bits per heavy atom. The Balaban J connectivity index is 2.07. The highest BCUT2D eigenvalue weighted by atomic mass is 16.2. The Bertz CT molecular complexity index is 417. The van der Waals surface area contributed by atoms with E-state index in [2.05, 4.69) is 5.32 Å². The molecule has 1 atom stereocenters. The van der Waals surface area contributed by atoms with Gasteiger partial charge in [0.2, 0.25) is 11.8 Å². The minimum absolute atomic E-state index is 0.0928. The molecule has 1 aliphatic rings. The standard InChI is InChI=1S/C13H16N2O2/c1-2-14-11-8-12(16)15(13(11)17)9-10-6-4-3-5-7-10/h3-7,11,14H,2,8-9H2,1H3/t11-/m1/s1. The van der Waals surface area contributed by atoms with Crippen LogP contribution in [0.1, 0.15) is 18.9 Å². The summed E-state index contributed by atoms with van der Waals surface area (Å²) in [5.74, 6) is -0.203. The van der Waals surface area contributed by atoms with E-state index in [0.717, 1.165) is 5.56 Å². The molecule has 90 valence electrons. The second kappa shape index (κ2) is 5.10. The van der Waals surface area contributed by atoms with E-state index in [1.807, 2.05) is 37.3 Å². The van der Waals surface area contributed by atoms with Crippen molar-refractivity contribution in [3.8, 4) is 0 Å². The summed E-state index contributed by atoms with van der Waals surface area (Å²) in [5.41, 5.74) is 0.978. The van der Waals surface area contributed by atoms with Crippen molar-refractivity contribution in [1.29, 1.82) is 0 Å². The first kappa shape index (κ1) is 11.8. The third kappa shape index (κ3) is 2.53. The van der Waals surface area contributed by atoms with Gasteiger partial charge in [-0.25, -0.2) is 0 Å². The molecule has 0 spiro atoms. The molecule has 1 aromatic carbocycles. The topological polar surface area (TPSA) is 49.4 Å². The fraction of sp³-hybridized carbons (Fsp3) is 0.385. The molecule has 1 fully saturated rings. The van der Waals surface area contributed by atoms with Gasteiger partial charge >= 0.3 is 0 Å². The Morgan fingerprint density at radius 1 is 1.29 bits per heavy atom. The normalized spacial score (nSPS) is 20.1. The number of nitrogens with zero attached hydrogens (tertiary/aromatic N) is 1. The maximum absolute atomic E-state index is 12.0. The third-order valence-corrected chi connectivity index (χ3v) is 2.88. The molecule has 1 N–H and O–H groups in total. The van der Waals surface area contributed by atoms with E-state index < -0.39 is 0 Å². The number of likely N-dealkylation sites (tertiary alicyclic amines) is 1. The number of nitrogens with one attached hydrogen (secondary N) is 1. The van der Waals surface area contributed by atoms with E-state index in [9.17, 15) is 9.59 Å². The fourth-order valence-electron chi connectivity index (χ4n) is 2.02. The highest BCUT2D eigenvalue weighted by Crippen LogP contribution is 2.16. The van der Waals surface area contributed by atoms with Crippen molar-refractivity contribution in [2.75, 3.05) is 6.54 Å². The van der Waals surface area contributed by atoms with E-state index >= 15 is 0 Å². The molecule has 4 nitrogen and oxygen atoms in total. The average molecular weight is 232 g/mol. The highest BCUT2D eigenvalue weighted by molar-refractivity contribution is 6.05. The van der Waals surface area contributed by atoms with Crippen molar-refractivity contribution in [3.05, 3.63) is 35.9 Å². The smallest absolute Gasteiger partial charge is 0.247 e. The van der Waals surface area contributed by atoms with Gasteiger partial charge < -0.3 is 5.32 Å². The molecule has 1 heterocycles. The number of carbonyl (C=O) groups is 2. The number of carbonyl (C=O) groups excluding carboxylic acids is 2. The molecule has 17 heavy (non-hydrogen) atoms. The van der Waals surface area contributed by atoms with Crippen LogP contribution < -0.4 is 5.32 Å². The predicted octanol–water partition coefficient (Wildman–Crippen LogP) is 0.924. The minimum atomic E-state index is -0.337. The number of benzene rings is 1. The summed E-state index contributed by atoms with van der Waals surface area (Å²) in [7, 11) is 0. The Morgan fingerprint density at radius 3 is 2.65 bits per heavy atom. The van der Waals surface area contributed by atoms with Crippen molar-refractivity contribution in [2.45, 2.75) is 25.9 Å². The molecule has 0 aromatic heterocycles. The summed E-state index contributed by atoms with van der Waals surface area (Å²) in [6.07, 6.45) is 0.277. The molecule has 0 aliphatic carbocycles. The van der Waals surface area contributed by atoms with Crippen LogP contribution in [0.3, 0.4) is 0 Å². The van der Waals surface area contributed by atoms with Crippen LogP contribution in [-0.2, 0) is 16.1 Å². The Labute approximate surface area is 101 Å². The molecule has 4 heteroatoms. The Hall–Kier alpha value is -1.68. The lowest BCUT2D eigenvalue weighted by Gasteiger charge is -2.15. The largest absolute Gasteiger partial charge is 0.306 e. The van der Waals surface area contributed by atoms with E-state index in [-0.39, 0.29) is 24.3 Å². The molecule has 1 saturated heterocycles. The number of hydrogen-bond donors (Lipinski definition) is 1. The van der Waals surface area contributed by atoms with Crippen molar-refractivity contribution >= 4 is 11.8 Å². The van der Waals surface area contributed by atoms with E-state index in [1.54, 1.807) is 0 Å². The quantitative estimate of drug-likeness (QED) is 0.785. The fourth-order valence-corrected chi connectivity index (χ4v) is 2.02. The van der Waals surface area contributed by atoms with Crippen LogP contribution in [0.5, 0.6) is 0 Å². The number of hydrogen-bond acceptors (Lipinski definition) is 3. The van der Waals surface area contributed by atoms with Crippen LogP contribution in [0.15, 0.2) is 30.3 Å². The number of amides is 2. The summed E-state index contributed by atoms with van der Waals surface area (Å²) < 4.78 is 0. The monoisotopic (exact) mass is 232 g/mol. The molecule has 2 rings (SSSR count). The van der Waals surface area contributed by atoms with Gasteiger partial charge in [0, 0.05) is 0 Å². The third-order valence-electron chi connectivity index (χ3n) is 2.88. The van der Waals surface area contributed by atoms with Crippen LogP contribution in [0.2, 0.25) is 0 Å². The van der Waals surface area contributed by atoms with Crippen LogP contribution >= 0.6 is 0 Å². The van der Waals surface area contributed by atoms with Gasteiger partial charge in [0.1, 0.15) is 0 Å². The van der Waals surface area contributed by atoms with E-state index in [1.165, 1.54) is 4.90 Å². The van der Waals surface area contributed by atoms with Gasteiger partial charge in [-0.15, -0.1) is 0 Å². The zero-order chi connectivity index (χ0) is 12.3. The molecule has 2 amide bonds. The lowest BCUT2D eigenvalue weighted by atomic mass is 10.2. The SMILES string of the molecule is CCN[C@@H]1CC(=O)N(Cc2ccccc2)C1=O. The molecule has 0 unspecified atom stereocenters. The lowest BCUT2D eigenvalue weighted by Crippen LogP contribution is -2.38. The highest BCUT2D eigenvalue weighted by Gasteiger charge is 2.37. The van der Waals surface area contributed by atoms with Crippen molar-refractivity contribution in [2.24, 2.45) is 0 Å². The van der Waals surface area contributed by atoms with Crippen LogP contribution in [0.25, 0.3) is 0 Å². The van der Waals surface area contributed by atoms with Gasteiger partial charge in [0.05, 0.1) is 19.0 Å². The molecule has 0 saturated carbocycles. The summed E-state index contributed by atoms with van der Waals surface area (Å²) in [5, 5.41) is 3.03. The average Bonchev–Trinajstić information content (AvgIpc) is 2.59. The maximum Gasteiger partial charge on any atom is 0.247 e. The first-order chi connectivity index (χ1) is 8.22. The summed E-state index contributed by atoms with van der Waals surface area (Å²) in [4.78, 5) is 25.0. The van der Waals surface area contributed by atoms with Crippen LogP contribution in [0.4, 0.5) is 0 Å². The van der Waals surface area contributed by atoms with Crippen LogP contribution in [-0.4, -0.2) is 29.3 Å². The van der Waals surface area contributed by atoms with Crippen molar-refractivity contribution in [1.82, 2.24) is 10.2 Å². The number of likely N-dealkylation sites (N-methyl/N-ethyl adjacent to an activating group) is 1. The molecule has 1 aromatic rings. The maximum atomic E-state index is 12.0. The molecule has 0 radical (unpaired) electrons. The van der Waals surface area contributed by atoms with Gasteiger partial charge in [-0.3, -0.25) is 14.5 Å². The zero-order valence-corrected chi connectivity index (χ0v) is 9.85. The van der Waals surface area contributed by atoms with Crippen LogP contribution in [0, 0.1) is 0 Å². The molecule has 0 bridgehead atoms. The molecule has 1 aliphatic heterocycles. The second-order valence-corrected chi connectivity index (χ2v) is 4.12. The molecular formula is C13H16N2O2. The summed E-state index contributed by atoms with van der Waals surface area (Å²) in [6, 6.07) is 9.22. The van der Waals surface area contributed by atoms with Crippen molar-refractivity contribution < 1.29 is 9.59 Å². The number of rotatable bonds is 4. The first-order valence-electron chi connectivity index (χ1n) is 5.84. The van der Waals surface area contributed by atoms with Crippen molar-refractivity contribution in [3.63, 3.8) is 0 Å². The Kier molecular flexibility index (Phi) is 3.54. The van der Waals surface area contributed by atoms with E-state index in [0.29, 0.717) is 13.1 Å². The van der Waals surface area contributed by atoms with E-state index in [4.69, 9.17) is 0 Å². The number of imide groups is 1. The summed E-state index contributed by atoms with van der Waals surface area (Å²) >= 11 is 0. The first-order valence-corrected chi connectivity index (χ1v) is 5.84. The summed E-state index contributed by atoms with van der Waals surface area (Å²) in [6.45, 7) is 3.00. The van der Waals surface area contributed by atoms with Gasteiger partial charge in [-0.05, 0) is 12.1 Å². The predicted molar refractivity (Wildman–Crippen MR) is 64.1 cm³/mol. The van der Waals surface area contributed by atoms with Gasteiger partial charge in [-0.2, -0.15) is 0 Å². The minimum Gasteiger partial charge on any atom is -0.306 e. The van der Waals surface area contributed by atoms with Gasteiger partial charge in [0.15, 0.2) is 0 Å². The zero-order valence-electron chi connectivity index (χ0n) is 9.85.